The Hall–Kier alpha value is -1.13. The molecular weight excluding hydrogens is 270 g/mol. The highest BCUT2D eigenvalue weighted by Crippen LogP contribution is 2.35. The third-order valence-electron chi connectivity index (χ3n) is 1.48. The van der Waals surface area contributed by atoms with Crippen LogP contribution in [0, 0.1) is 0 Å². The molecule has 0 spiro atoms. The lowest BCUT2D eigenvalue weighted by Gasteiger charge is -2.20. The van der Waals surface area contributed by atoms with Gasteiger partial charge in [-0.05, 0) is 0 Å². The van der Waals surface area contributed by atoms with E-state index in [1.54, 1.807) is 0 Å². The second-order valence-corrected chi connectivity index (χ2v) is 2.84. The lowest BCUT2D eigenvalue weighted by atomic mass is 10.3. The summed E-state index contributed by atoms with van der Waals surface area (Å²) in [6.07, 6.45) is -14.7. The number of halogens is 8. The maximum atomic E-state index is 12.2. The standard InChI is InChI=1S/C6H5F8NO2/c7-4(8,6(12,13)14)3(17)15-1-2(16)5(9,10)11/h2,16H,1H2,(H,15,17). The Balaban J connectivity index is 4.49. The number of amides is 1. The molecule has 0 aliphatic carbocycles. The van der Waals surface area contributed by atoms with Gasteiger partial charge in [-0.15, -0.1) is 0 Å². The Morgan fingerprint density at radius 1 is 1.06 bits per heavy atom. The first-order chi connectivity index (χ1) is 7.30. The highest BCUT2D eigenvalue weighted by molar-refractivity contribution is 5.84. The fourth-order valence-electron chi connectivity index (χ4n) is 0.545. The van der Waals surface area contributed by atoms with Gasteiger partial charge >= 0.3 is 18.3 Å². The van der Waals surface area contributed by atoms with Crippen molar-refractivity contribution >= 4 is 5.91 Å². The Labute approximate surface area is 88.4 Å². The molecule has 0 saturated carbocycles. The largest absolute Gasteiger partial charge is 0.463 e. The molecule has 0 radical (unpaired) electrons. The summed E-state index contributed by atoms with van der Waals surface area (Å²) in [5.74, 6) is -8.79. The second kappa shape index (κ2) is 4.63. The predicted molar refractivity (Wildman–Crippen MR) is 36.1 cm³/mol. The minimum absolute atomic E-state index is 0.657. The lowest BCUT2D eigenvalue weighted by molar-refractivity contribution is -0.270. The van der Waals surface area contributed by atoms with E-state index in [4.69, 9.17) is 5.11 Å². The first kappa shape index (κ1) is 15.9. The van der Waals surface area contributed by atoms with E-state index in [0.29, 0.717) is 5.32 Å². The molecule has 0 heterocycles. The Morgan fingerprint density at radius 2 is 1.47 bits per heavy atom. The molecule has 0 fully saturated rings. The molecule has 3 nitrogen and oxygen atoms in total. The van der Waals surface area contributed by atoms with Gasteiger partial charge in [0.15, 0.2) is 6.10 Å². The summed E-state index contributed by atoms with van der Waals surface area (Å²) in [5.41, 5.74) is 0. The predicted octanol–water partition coefficient (Wildman–Crippen LogP) is 1.22. The van der Waals surface area contributed by atoms with Gasteiger partial charge in [-0.2, -0.15) is 35.1 Å². The first-order valence-electron chi connectivity index (χ1n) is 3.77. The van der Waals surface area contributed by atoms with Crippen LogP contribution in [0.4, 0.5) is 35.1 Å². The van der Waals surface area contributed by atoms with Gasteiger partial charge in [-0.25, -0.2) is 0 Å². The molecule has 2 N–H and O–H groups in total. The van der Waals surface area contributed by atoms with Crippen LogP contribution in [-0.2, 0) is 4.79 Å². The molecule has 0 aromatic heterocycles. The molecule has 0 aromatic carbocycles. The lowest BCUT2D eigenvalue weighted by Crippen LogP contribution is -2.53. The fourth-order valence-corrected chi connectivity index (χ4v) is 0.545. The molecule has 1 unspecified atom stereocenters. The van der Waals surface area contributed by atoms with Crippen molar-refractivity contribution in [2.24, 2.45) is 0 Å². The monoisotopic (exact) mass is 275 g/mol. The maximum absolute atomic E-state index is 12.2. The number of carbonyl (C=O) groups is 1. The van der Waals surface area contributed by atoms with Crippen molar-refractivity contribution in [1.82, 2.24) is 5.32 Å². The fraction of sp³-hybridized carbons (Fsp3) is 0.833. The number of rotatable bonds is 3. The third-order valence-corrected chi connectivity index (χ3v) is 1.48. The summed E-state index contributed by atoms with van der Waals surface area (Å²) in [6, 6.07) is 0. The van der Waals surface area contributed by atoms with Gasteiger partial charge in [0.2, 0.25) is 0 Å². The zero-order chi connectivity index (χ0) is 14.1. The minimum atomic E-state index is -6.22. The van der Waals surface area contributed by atoms with E-state index in [1.807, 2.05) is 0 Å². The molecule has 1 amide bonds. The van der Waals surface area contributed by atoms with Crippen molar-refractivity contribution in [3.63, 3.8) is 0 Å². The molecule has 0 aliphatic heterocycles. The van der Waals surface area contributed by atoms with Crippen molar-refractivity contribution in [2.75, 3.05) is 6.54 Å². The quantitative estimate of drug-likeness (QED) is 0.761. The van der Waals surface area contributed by atoms with Crippen LogP contribution < -0.4 is 5.32 Å². The average molecular weight is 275 g/mol. The topological polar surface area (TPSA) is 49.3 Å². The summed E-state index contributed by atoms with van der Waals surface area (Å²) in [7, 11) is 0. The van der Waals surface area contributed by atoms with Crippen molar-refractivity contribution in [3.8, 4) is 0 Å². The van der Waals surface area contributed by atoms with E-state index in [2.05, 4.69) is 0 Å². The van der Waals surface area contributed by atoms with Gasteiger partial charge in [0.1, 0.15) is 0 Å². The summed E-state index contributed by atoms with van der Waals surface area (Å²) in [4.78, 5) is 10.3. The smallest absolute Gasteiger partial charge is 0.382 e. The number of aliphatic hydroxyl groups excluding tert-OH is 1. The van der Waals surface area contributed by atoms with Gasteiger partial charge in [0, 0.05) is 0 Å². The Kier molecular flexibility index (Phi) is 4.32. The molecule has 0 aromatic rings. The van der Waals surface area contributed by atoms with Crippen LogP contribution in [0.5, 0.6) is 0 Å². The van der Waals surface area contributed by atoms with Crippen LogP contribution in [0.3, 0.4) is 0 Å². The molecule has 0 rings (SSSR count). The zero-order valence-electron chi connectivity index (χ0n) is 7.66. The highest BCUT2D eigenvalue weighted by Gasteiger charge is 2.63. The molecule has 1 atom stereocenters. The van der Waals surface area contributed by atoms with Crippen LogP contribution in [0.15, 0.2) is 0 Å². The number of hydrogen-bond donors (Lipinski definition) is 2. The van der Waals surface area contributed by atoms with Gasteiger partial charge in [0.25, 0.3) is 5.91 Å². The molecular formula is C6H5F8NO2. The molecule has 102 valence electrons. The summed E-state index contributed by atoms with van der Waals surface area (Å²) in [6.45, 7) is -1.80. The second-order valence-electron chi connectivity index (χ2n) is 2.84. The van der Waals surface area contributed by atoms with E-state index in [9.17, 15) is 39.9 Å². The van der Waals surface area contributed by atoms with Crippen LogP contribution in [0.2, 0.25) is 0 Å². The molecule has 0 bridgehead atoms. The molecule has 0 saturated heterocycles. The van der Waals surface area contributed by atoms with Crippen molar-refractivity contribution in [2.45, 2.75) is 24.4 Å². The Bertz CT molecular complexity index is 283. The Morgan fingerprint density at radius 3 is 1.76 bits per heavy atom. The number of hydrogen-bond acceptors (Lipinski definition) is 2. The van der Waals surface area contributed by atoms with E-state index >= 15 is 0 Å². The van der Waals surface area contributed by atoms with Gasteiger partial charge in [0.05, 0.1) is 6.54 Å². The first-order valence-corrected chi connectivity index (χ1v) is 3.77. The summed E-state index contributed by atoms with van der Waals surface area (Å²) in [5, 5.41) is 8.89. The van der Waals surface area contributed by atoms with Crippen molar-refractivity contribution in [1.29, 1.82) is 0 Å². The van der Waals surface area contributed by atoms with Crippen LogP contribution >= 0.6 is 0 Å². The number of nitrogens with one attached hydrogen (secondary N) is 1. The van der Waals surface area contributed by atoms with Crippen LogP contribution in [-0.4, -0.2) is 41.9 Å². The van der Waals surface area contributed by atoms with Gasteiger partial charge < -0.3 is 10.4 Å². The van der Waals surface area contributed by atoms with E-state index in [0.717, 1.165) is 0 Å². The van der Waals surface area contributed by atoms with Crippen LogP contribution in [0.1, 0.15) is 0 Å². The number of aliphatic hydroxyl groups is 1. The summed E-state index contributed by atoms with van der Waals surface area (Å²) < 4.78 is 93.8. The normalized spacial score (nSPS) is 15.6. The zero-order valence-corrected chi connectivity index (χ0v) is 7.66. The molecule has 11 heteroatoms. The SMILES string of the molecule is O=C(NCC(O)C(F)(F)F)C(F)(F)C(F)(F)F. The third kappa shape index (κ3) is 3.98. The van der Waals surface area contributed by atoms with E-state index in [-0.39, 0.29) is 0 Å². The number of carbonyl (C=O) groups excluding carboxylic acids is 1. The van der Waals surface area contributed by atoms with Crippen molar-refractivity contribution in [3.05, 3.63) is 0 Å². The van der Waals surface area contributed by atoms with E-state index in [1.165, 1.54) is 0 Å². The van der Waals surface area contributed by atoms with Crippen molar-refractivity contribution < 1.29 is 45.0 Å². The van der Waals surface area contributed by atoms with E-state index < -0.39 is 36.8 Å². The highest BCUT2D eigenvalue weighted by atomic mass is 19.4. The van der Waals surface area contributed by atoms with Crippen LogP contribution in [0.25, 0.3) is 0 Å². The van der Waals surface area contributed by atoms with Gasteiger partial charge in [-0.1, -0.05) is 0 Å². The summed E-state index contributed by atoms with van der Waals surface area (Å²) >= 11 is 0. The minimum Gasteiger partial charge on any atom is -0.382 e. The molecule has 0 aliphatic rings. The maximum Gasteiger partial charge on any atom is 0.463 e. The van der Waals surface area contributed by atoms with Gasteiger partial charge in [-0.3, -0.25) is 4.79 Å². The molecule has 17 heavy (non-hydrogen) atoms. The average Bonchev–Trinajstić information content (AvgIpc) is 2.09. The number of alkyl halides is 8.